The Morgan fingerprint density at radius 2 is 2.00 bits per heavy atom. The average molecular weight is 281 g/mol. The number of aromatic hydroxyl groups is 1. The summed E-state index contributed by atoms with van der Waals surface area (Å²) in [4.78, 5) is 14.8. The number of benzene rings is 2. The number of fused-ring (bicyclic) bond motifs is 1. The van der Waals surface area contributed by atoms with Crippen LogP contribution < -0.4 is 0 Å². The van der Waals surface area contributed by atoms with Crippen LogP contribution in [0, 0.1) is 6.92 Å². The van der Waals surface area contributed by atoms with Gasteiger partial charge in [-0.05, 0) is 47.9 Å². The molecule has 0 unspecified atom stereocenters. The van der Waals surface area contributed by atoms with Crippen molar-refractivity contribution in [3.05, 3.63) is 53.7 Å². The Kier molecular flexibility index (Phi) is 3.14. The zero-order chi connectivity index (χ0) is 15.0. The molecule has 3 rings (SSSR count). The number of carbonyl (C=O) groups excluding carboxylic acids is 1. The van der Waals surface area contributed by atoms with Gasteiger partial charge in [0.2, 0.25) is 0 Å². The summed E-state index contributed by atoms with van der Waals surface area (Å²) in [5.74, 6) is -0.116. The average Bonchev–Trinajstić information content (AvgIpc) is 2.89. The number of methoxy groups -OCH3 is 1. The van der Waals surface area contributed by atoms with Gasteiger partial charge in [-0.3, -0.25) is 0 Å². The molecule has 2 aromatic carbocycles. The third-order valence-electron chi connectivity index (χ3n) is 3.61. The van der Waals surface area contributed by atoms with Crippen molar-refractivity contribution in [1.82, 2.24) is 4.98 Å². The lowest BCUT2D eigenvalue weighted by atomic mass is 9.98. The predicted molar refractivity (Wildman–Crippen MR) is 81.5 cm³/mol. The third kappa shape index (κ3) is 2.25. The minimum absolute atomic E-state index is 0.245. The predicted octanol–water partition coefficient (Wildman–Crippen LogP) is 3.64. The second kappa shape index (κ2) is 4.98. The lowest BCUT2D eigenvalue weighted by Gasteiger charge is -2.07. The van der Waals surface area contributed by atoms with Gasteiger partial charge in [0.25, 0.3) is 0 Å². The van der Waals surface area contributed by atoms with Crippen LogP contribution in [-0.2, 0) is 4.74 Å². The van der Waals surface area contributed by atoms with E-state index in [1.165, 1.54) is 7.11 Å². The maximum Gasteiger partial charge on any atom is 0.340 e. The number of phenolic OH excluding ortho intramolecular Hbond substituents is 1. The van der Waals surface area contributed by atoms with Gasteiger partial charge in [-0.2, -0.15) is 0 Å². The Morgan fingerprint density at radius 3 is 2.71 bits per heavy atom. The van der Waals surface area contributed by atoms with Gasteiger partial charge < -0.3 is 14.8 Å². The maximum absolute atomic E-state index is 11.8. The molecule has 0 saturated carbocycles. The van der Waals surface area contributed by atoms with Crippen LogP contribution in [0.25, 0.3) is 22.0 Å². The van der Waals surface area contributed by atoms with E-state index >= 15 is 0 Å². The molecule has 2 N–H and O–H groups in total. The van der Waals surface area contributed by atoms with E-state index in [-0.39, 0.29) is 11.7 Å². The minimum Gasteiger partial charge on any atom is -0.508 e. The molecule has 21 heavy (non-hydrogen) atoms. The number of nitrogens with one attached hydrogen (secondary N) is 1. The van der Waals surface area contributed by atoms with Crippen LogP contribution in [0.15, 0.2) is 42.6 Å². The SMILES string of the molecule is COC(=O)c1c[nH]c2ccc(-c3ccc(O)cc3C)cc12. The molecule has 1 heterocycles. The topological polar surface area (TPSA) is 62.3 Å². The molecule has 0 bridgehead atoms. The first-order valence-electron chi connectivity index (χ1n) is 6.59. The fraction of sp³-hybridized carbons (Fsp3) is 0.118. The second-order valence-corrected chi connectivity index (χ2v) is 4.95. The molecule has 0 spiro atoms. The fourth-order valence-corrected chi connectivity index (χ4v) is 2.54. The van der Waals surface area contributed by atoms with E-state index in [0.717, 1.165) is 27.6 Å². The normalized spacial score (nSPS) is 10.8. The van der Waals surface area contributed by atoms with Gasteiger partial charge in [0.15, 0.2) is 0 Å². The summed E-state index contributed by atoms with van der Waals surface area (Å²) < 4.78 is 4.80. The fourth-order valence-electron chi connectivity index (χ4n) is 2.54. The van der Waals surface area contributed by atoms with E-state index in [2.05, 4.69) is 4.98 Å². The standard InChI is InChI=1S/C17H15NO3/c1-10-7-12(19)4-5-13(10)11-3-6-16-14(8-11)15(9-18-16)17(20)21-2/h3-9,18-19H,1-2H3. The number of rotatable bonds is 2. The quantitative estimate of drug-likeness (QED) is 0.705. The Balaban J connectivity index is 2.18. The number of hydrogen-bond acceptors (Lipinski definition) is 3. The lowest BCUT2D eigenvalue weighted by molar-refractivity contribution is 0.0603. The number of aromatic nitrogens is 1. The highest BCUT2D eigenvalue weighted by atomic mass is 16.5. The van der Waals surface area contributed by atoms with Gasteiger partial charge in [-0.1, -0.05) is 12.1 Å². The van der Waals surface area contributed by atoms with Gasteiger partial charge in [0.05, 0.1) is 12.7 Å². The molecular weight excluding hydrogens is 266 g/mol. The molecular formula is C17H15NO3. The monoisotopic (exact) mass is 281 g/mol. The first-order chi connectivity index (χ1) is 10.1. The van der Waals surface area contributed by atoms with Crippen LogP contribution in [0.5, 0.6) is 5.75 Å². The Bertz CT molecular complexity index is 833. The van der Waals surface area contributed by atoms with E-state index in [1.54, 1.807) is 18.3 Å². The van der Waals surface area contributed by atoms with Crippen molar-refractivity contribution in [3.63, 3.8) is 0 Å². The summed E-state index contributed by atoms with van der Waals surface area (Å²) >= 11 is 0. The van der Waals surface area contributed by atoms with Gasteiger partial charge >= 0.3 is 5.97 Å². The zero-order valence-corrected chi connectivity index (χ0v) is 11.8. The number of aromatic amines is 1. The Hall–Kier alpha value is -2.75. The van der Waals surface area contributed by atoms with Gasteiger partial charge in [-0.25, -0.2) is 4.79 Å². The van der Waals surface area contributed by atoms with Crippen molar-refractivity contribution in [2.75, 3.05) is 7.11 Å². The first kappa shape index (κ1) is 13.2. The van der Waals surface area contributed by atoms with Crippen molar-refractivity contribution in [3.8, 4) is 16.9 Å². The lowest BCUT2D eigenvalue weighted by Crippen LogP contribution is -1.99. The number of aryl methyl sites for hydroxylation is 1. The number of phenols is 1. The van der Waals surface area contributed by atoms with Crippen LogP contribution in [0.4, 0.5) is 0 Å². The van der Waals surface area contributed by atoms with Crippen molar-refractivity contribution in [2.45, 2.75) is 6.92 Å². The van der Waals surface area contributed by atoms with E-state index in [9.17, 15) is 9.90 Å². The summed E-state index contributed by atoms with van der Waals surface area (Å²) in [6, 6.07) is 11.1. The van der Waals surface area contributed by atoms with Crippen LogP contribution in [0.2, 0.25) is 0 Å². The highest BCUT2D eigenvalue weighted by molar-refractivity contribution is 6.05. The molecule has 1 aromatic heterocycles. The number of hydrogen-bond donors (Lipinski definition) is 2. The van der Waals surface area contributed by atoms with Gasteiger partial charge in [0, 0.05) is 17.1 Å². The van der Waals surface area contributed by atoms with Crippen LogP contribution in [-0.4, -0.2) is 23.2 Å². The van der Waals surface area contributed by atoms with E-state index in [4.69, 9.17) is 4.74 Å². The molecule has 0 aliphatic rings. The maximum atomic E-state index is 11.8. The molecule has 0 aliphatic carbocycles. The van der Waals surface area contributed by atoms with E-state index < -0.39 is 0 Å². The molecule has 106 valence electrons. The van der Waals surface area contributed by atoms with Crippen LogP contribution in [0.1, 0.15) is 15.9 Å². The molecule has 4 heteroatoms. The molecule has 4 nitrogen and oxygen atoms in total. The molecule has 0 aliphatic heterocycles. The van der Waals surface area contributed by atoms with Crippen LogP contribution >= 0.6 is 0 Å². The smallest absolute Gasteiger partial charge is 0.340 e. The van der Waals surface area contributed by atoms with E-state index in [1.807, 2.05) is 31.2 Å². The highest BCUT2D eigenvalue weighted by Gasteiger charge is 2.13. The number of esters is 1. The first-order valence-corrected chi connectivity index (χ1v) is 6.59. The van der Waals surface area contributed by atoms with Crippen LogP contribution in [0.3, 0.4) is 0 Å². The summed E-state index contributed by atoms with van der Waals surface area (Å²) in [6.45, 7) is 1.94. The third-order valence-corrected chi connectivity index (χ3v) is 3.61. The number of ether oxygens (including phenoxy) is 1. The molecule has 0 radical (unpaired) electrons. The van der Waals surface area contributed by atoms with Crippen molar-refractivity contribution < 1.29 is 14.6 Å². The second-order valence-electron chi connectivity index (χ2n) is 4.95. The number of carbonyl (C=O) groups is 1. The minimum atomic E-state index is -0.360. The molecule has 0 atom stereocenters. The summed E-state index contributed by atoms with van der Waals surface area (Å²) in [5, 5.41) is 10.3. The Labute approximate surface area is 122 Å². The number of H-pyrrole nitrogens is 1. The largest absolute Gasteiger partial charge is 0.508 e. The molecule has 0 saturated heterocycles. The molecule has 3 aromatic rings. The zero-order valence-electron chi connectivity index (χ0n) is 11.8. The highest BCUT2D eigenvalue weighted by Crippen LogP contribution is 2.30. The van der Waals surface area contributed by atoms with E-state index in [0.29, 0.717) is 5.56 Å². The summed E-state index contributed by atoms with van der Waals surface area (Å²) in [7, 11) is 1.37. The van der Waals surface area contributed by atoms with Gasteiger partial charge in [0.1, 0.15) is 5.75 Å². The molecule has 0 fully saturated rings. The van der Waals surface area contributed by atoms with Crippen molar-refractivity contribution in [2.24, 2.45) is 0 Å². The summed E-state index contributed by atoms with van der Waals surface area (Å²) in [6.07, 6.45) is 1.66. The van der Waals surface area contributed by atoms with Crippen molar-refractivity contribution in [1.29, 1.82) is 0 Å². The summed E-state index contributed by atoms with van der Waals surface area (Å²) in [5.41, 5.74) is 4.39. The Morgan fingerprint density at radius 1 is 1.19 bits per heavy atom. The van der Waals surface area contributed by atoms with Gasteiger partial charge in [-0.15, -0.1) is 0 Å². The van der Waals surface area contributed by atoms with Crippen molar-refractivity contribution >= 4 is 16.9 Å². The molecule has 0 amide bonds.